The molecule has 1 aliphatic heterocycles. The van der Waals surface area contributed by atoms with Gasteiger partial charge in [0.15, 0.2) is 0 Å². The summed E-state index contributed by atoms with van der Waals surface area (Å²) in [6, 6.07) is 16.3. The highest BCUT2D eigenvalue weighted by atomic mass is 16.2. The first kappa shape index (κ1) is 24.3. The number of amides is 2. The smallest absolute Gasteiger partial charge is 0.277 e. The molecule has 0 spiro atoms. The Labute approximate surface area is 213 Å². The first-order valence-electron chi connectivity index (χ1n) is 13.2. The lowest BCUT2D eigenvalue weighted by atomic mass is 9.90. The van der Waals surface area contributed by atoms with E-state index in [2.05, 4.69) is 36.5 Å². The van der Waals surface area contributed by atoms with Crippen LogP contribution in [0.15, 0.2) is 48.5 Å². The summed E-state index contributed by atoms with van der Waals surface area (Å²) in [6.45, 7) is 8.36. The molecule has 1 fully saturated rings. The zero-order chi connectivity index (χ0) is 25.4. The van der Waals surface area contributed by atoms with Gasteiger partial charge in [-0.15, -0.1) is 0 Å². The molecule has 6 nitrogen and oxygen atoms in total. The molecule has 0 saturated heterocycles. The molecule has 1 N–H and O–H groups in total. The van der Waals surface area contributed by atoms with Crippen molar-refractivity contribution < 1.29 is 9.59 Å². The van der Waals surface area contributed by atoms with Gasteiger partial charge in [-0.1, -0.05) is 62.6 Å². The fourth-order valence-electron chi connectivity index (χ4n) is 5.58. The Bertz CT molecular complexity index is 1290. The minimum Gasteiger partial charge on any atom is -0.351 e. The normalized spacial score (nSPS) is 20.3. The van der Waals surface area contributed by atoms with Crippen LogP contribution in [0.25, 0.3) is 11.3 Å². The van der Waals surface area contributed by atoms with E-state index in [0.717, 1.165) is 60.2 Å². The monoisotopic (exact) mass is 484 g/mol. The van der Waals surface area contributed by atoms with Crippen LogP contribution in [-0.4, -0.2) is 33.2 Å². The zero-order valence-corrected chi connectivity index (χ0v) is 21.8. The van der Waals surface area contributed by atoms with E-state index in [-0.39, 0.29) is 17.9 Å². The molecular formula is C30H36N4O2. The number of nitrogens with one attached hydrogen (secondary N) is 1. The van der Waals surface area contributed by atoms with Crippen molar-refractivity contribution in [1.82, 2.24) is 15.1 Å². The van der Waals surface area contributed by atoms with Crippen molar-refractivity contribution in [3.8, 4) is 11.3 Å². The number of rotatable bonds is 5. The standard InChI is InChI=1S/C30H36N4O2/c1-5-22-14-16-23(17-15-22)25-18-27-28(35)34(26-13-9-10-20(2)21(26)3)30(4,19-33(27)32-25)29(36)31-24-11-7-6-8-12-24/h9-10,13-18,24H,5-8,11-12,19H2,1-4H3,(H,31,36)/t30-/m0/s1. The van der Waals surface area contributed by atoms with Crippen molar-refractivity contribution in [3.63, 3.8) is 0 Å². The summed E-state index contributed by atoms with van der Waals surface area (Å²) in [5.41, 5.74) is 5.25. The third-order valence-electron chi connectivity index (χ3n) is 8.06. The van der Waals surface area contributed by atoms with Crippen LogP contribution in [0.2, 0.25) is 0 Å². The van der Waals surface area contributed by atoms with Gasteiger partial charge < -0.3 is 5.32 Å². The molecule has 2 aromatic carbocycles. The molecule has 1 aliphatic carbocycles. The van der Waals surface area contributed by atoms with Gasteiger partial charge in [-0.05, 0) is 68.9 Å². The molecular weight excluding hydrogens is 448 g/mol. The van der Waals surface area contributed by atoms with Gasteiger partial charge in [0.1, 0.15) is 11.2 Å². The lowest BCUT2D eigenvalue weighted by Gasteiger charge is -2.44. The zero-order valence-electron chi connectivity index (χ0n) is 21.8. The maximum absolute atomic E-state index is 14.1. The van der Waals surface area contributed by atoms with Gasteiger partial charge >= 0.3 is 0 Å². The van der Waals surface area contributed by atoms with E-state index in [0.29, 0.717) is 12.2 Å². The molecule has 3 aromatic rings. The number of anilines is 1. The van der Waals surface area contributed by atoms with Crippen LogP contribution in [0, 0.1) is 13.8 Å². The van der Waals surface area contributed by atoms with Crippen LogP contribution in [0.3, 0.4) is 0 Å². The van der Waals surface area contributed by atoms with Gasteiger partial charge in [0, 0.05) is 17.3 Å². The molecule has 5 rings (SSSR count). The first-order valence-corrected chi connectivity index (χ1v) is 13.2. The van der Waals surface area contributed by atoms with E-state index >= 15 is 0 Å². The number of hydrogen-bond acceptors (Lipinski definition) is 3. The fourth-order valence-corrected chi connectivity index (χ4v) is 5.58. The maximum atomic E-state index is 14.1. The van der Waals surface area contributed by atoms with E-state index in [9.17, 15) is 9.59 Å². The Morgan fingerprint density at radius 1 is 1.08 bits per heavy atom. The average Bonchev–Trinajstić information content (AvgIpc) is 3.31. The summed E-state index contributed by atoms with van der Waals surface area (Å²) in [4.78, 5) is 29.8. The predicted molar refractivity (Wildman–Crippen MR) is 143 cm³/mol. The largest absolute Gasteiger partial charge is 0.351 e. The van der Waals surface area contributed by atoms with E-state index in [1.54, 1.807) is 9.58 Å². The quantitative estimate of drug-likeness (QED) is 0.513. The SMILES string of the molecule is CCc1ccc(-c2cc3n(n2)C[C@@](C)(C(=O)NC2CCCCC2)N(c2cccc(C)c2C)C3=O)cc1. The number of aryl methyl sites for hydroxylation is 2. The Kier molecular flexibility index (Phi) is 6.45. The van der Waals surface area contributed by atoms with Gasteiger partial charge in [-0.2, -0.15) is 5.10 Å². The summed E-state index contributed by atoms with van der Waals surface area (Å²) in [5, 5.41) is 8.10. The number of carbonyl (C=O) groups is 2. The van der Waals surface area contributed by atoms with Gasteiger partial charge in [-0.3, -0.25) is 19.2 Å². The van der Waals surface area contributed by atoms with Gasteiger partial charge in [0.2, 0.25) is 5.91 Å². The maximum Gasteiger partial charge on any atom is 0.277 e. The molecule has 2 heterocycles. The lowest BCUT2D eigenvalue weighted by Crippen LogP contribution is -2.65. The van der Waals surface area contributed by atoms with Crippen molar-refractivity contribution in [2.75, 3.05) is 4.90 Å². The van der Waals surface area contributed by atoms with Crippen molar-refractivity contribution >= 4 is 17.5 Å². The fraction of sp³-hybridized carbons (Fsp3) is 0.433. The summed E-state index contributed by atoms with van der Waals surface area (Å²) < 4.78 is 1.73. The van der Waals surface area contributed by atoms with E-state index in [1.807, 2.05) is 45.0 Å². The molecule has 0 bridgehead atoms. The highest BCUT2D eigenvalue weighted by molar-refractivity contribution is 6.12. The van der Waals surface area contributed by atoms with Gasteiger partial charge in [0.25, 0.3) is 5.91 Å². The Hall–Kier alpha value is -3.41. The molecule has 1 saturated carbocycles. The predicted octanol–water partition coefficient (Wildman–Crippen LogP) is 5.60. The summed E-state index contributed by atoms with van der Waals surface area (Å²) in [6.07, 6.45) is 6.43. The highest BCUT2D eigenvalue weighted by Crippen LogP contribution is 2.37. The topological polar surface area (TPSA) is 67.2 Å². The van der Waals surface area contributed by atoms with E-state index < -0.39 is 5.54 Å². The Morgan fingerprint density at radius 2 is 1.81 bits per heavy atom. The number of aromatic nitrogens is 2. The summed E-state index contributed by atoms with van der Waals surface area (Å²) >= 11 is 0. The average molecular weight is 485 g/mol. The molecule has 0 unspecified atom stereocenters. The molecule has 0 radical (unpaired) electrons. The van der Waals surface area contributed by atoms with Crippen molar-refractivity contribution in [3.05, 3.63) is 70.9 Å². The highest BCUT2D eigenvalue weighted by Gasteiger charge is 2.49. The first-order chi connectivity index (χ1) is 17.3. The number of fused-ring (bicyclic) bond motifs is 1. The number of hydrogen-bond donors (Lipinski definition) is 1. The van der Waals surface area contributed by atoms with Crippen LogP contribution >= 0.6 is 0 Å². The molecule has 1 aromatic heterocycles. The second-order valence-electron chi connectivity index (χ2n) is 10.6. The number of carbonyl (C=O) groups excluding carboxylic acids is 2. The van der Waals surface area contributed by atoms with E-state index in [1.165, 1.54) is 12.0 Å². The number of nitrogens with zero attached hydrogens (tertiary/aromatic N) is 3. The van der Waals surface area contributed by atoms with Gasteiger partial charge in [-0.25, -0.2) is 0 Å². The van der Waals surface area contributed by atoms with Crippen LogP contribution in [0.5, 0.6) is 0 Å². The van der Waals surface area contributed by atoms with E-state index in [4.69, 9.17) is 5.10 Å². The van der Waals surface area contributed by atoms with Crippen LogP contribution in [-0.2, 0) is 17.8 Å². The molecule has 1 atom stereocenters. The summed E-state index contributed by atoms with van der Waals surface area (Å²) in [5.74, 6) is -0.307. The minimum absolute atomic E-state index is 0.112. The van der Waals surface area contributed by atoms with Crippen molar-refractivity contribution in [2.45, 2.75) is 84.3 Å². The molecule has 2 aliphatic rings. The second-order valence-corrected chi connectivity index (χ2v) is 10.6. The van der Waals surface area contributed by atoms with Crippen molar-refractivity contribution in [1.29, 1.82) is 0 Å². The third kappa shape index (κ3) is 4.23. The molecule has 6 heteroatoms. The Morgan fingerprint density at radius 3 is 2.50 bits per heavy atom. The van der Waals surface area contributed by atoms with Crippen LogP contribution in [0.1, 0.15) is 73.1 Å². The molecule has 36 heavy (non-hydrogen) atoms. The number of benzene rings is 2. The lowest BCUT2D eigenvalue weighted by molar-refractivity contribution is -0.127. The molecule has 2 amide bonds. The molecule has 188 valence electrons. The van der Waals surface area contributed by atoms with Crippen LogP contribution < -0.4 is 10.2 Å². The van der Waals surface area contributed by atoms with Gasteiger partial charge in [0.05, 0.1) is 12.2 Å². The minimum atomic E-state index is -1.10. The van der Waals surface area contributed by atoms with Crippen LogP contribution in [0.4, 0.5) is 5.69 Å². The summed E-state index contributed by atoms with van der Waals surface area (Å²) in [7, 11) is 0. The van der Waals surface area contributed by atoms with Crippen molar-refractivity contribution in [2.24, 2.45) is 0 Å². The Balaban J connectivity index is 1.57. The third-order valence-corrected chi connectivity index (χ3v) is 8.06. The second kappa shape index (κ2) is 9.57.